The predicted molar refractivity (Wildman–Crippen MR) is 123 cm³/mol. The van der Waals surface area contributed by atoms with Crippen molar-refractivity contribution in [3.8, 4) is 0 Å². The topological polar surface area (TPSA) is 47.1 Å². The Bertz CT molecular complexity index is 965. The molecule has 0 aliphatic carbocycles. The molecular weight excluding hydrogens is 388 g/mol. The fourth-order valence-corrected chi connectivity index (χ4v) is 4.61. The summed E-state index contributed by atoms with van der Waals surface area (Å²) >= 11 is 0. The van der Waals surface area contributed by atoms with E-state index >= 15 is 0 Å². The van der Waals surface area contributed by atoms with Crippen LogP contribution in [0.5, 0.6) is 0 Å². The first kappa shape index (κ1) is 21.4. The van der Waals surface area contributed by atoms with Crippen molar-refractivity contribution < 1.29 is 9.59 Å². The molecule has 2 aliphatic heterocycles. The second kappa shape index (κ2) is 8.71. The number of carbonyl (C=O) groups is 2. The van der Waals surface area contributed by atoms with Gasteiger partial charge >= 0.3 is 0 Å². The van der Waals surface area contributed by atoms with Crippen molar-refractivity contribution in [2.75, 3.05) is 52.7 Å². The van der Waals surface area contributed by atoms with Crippen molar-refractivity contribution in [1.29, 1.82) is 0 Å². The first-order valence-electron chi connectivity index (χ1n) is 11.0. The molecule has 6 nitrogen and oxygen atoms in total. The van der Waals surface area contributed by atoms with Gasteiger partial charge < -0.3 is 14.7 Å². The molecule has 0 saturated carbocycles. The van der Waals surface area contributed by atoms with Gasteiger partial charge in [-0.3, -0.25) is 14.5 Å². The van der Waals surface area contributed by atoms with Crippen LogP contribution >= 0.6 is 0 Å². The van der Waals surface area contributed by atoms with Crippen molar-refractivity contribution in [1.82, 2.24) is 14.7 Å². The van der Waals surface area contributed by atoms with Crippen molar-refractivity contribution >= 4 is 17.5 Å². The third-order valence-electron chi connectivity index (χ3n) is 6.55. The zero-order chi connectivity index (χ0) is 22.1. The van der Waals surface area contributed by atoms with Gasteiger partial charge in [-0.2, -0.15) is 0 Å². The minimum atomic E-state index is 0.0687. The highest BCUT2D eigenvalue weighted by molar-refractivity contribution is 5.95. The molecule has 0 N–H and O–H groups in total. The largest absolute Gasteiger partial charge is 0.378 e. The molecule has 0 radical (unpaired) electrons. The van der Waals surface area contributed by atoms with Gasteiger partial charge in [0.05, 0.1) is 0 Å². The first-order chi connectivity index (χ1) is 14.8. The van der Waals surface area contributed by atoms with E-state index in [1.165, 1.54) is 11.1 Å². The van der Waals surface area contributed by atoms with E-state index in [2.05, 4.69) is 29.2 Å². The Kier molecular flexibility index (Phi) is 6.01. The van der Waals surface area contributed by atoms with Gasteiger partial charge in [0, 0.05) is 77.6 Å². The molecule has 2 amide bonds. The molecule has 0 aromatic heterocycles. The van der Waals surface area contributed by atoms with Gasteiger partial charge in [0.2, 0.25) is 5.91 Å². The monoisotopic (exact) mass is 420 g/mol. The van der Waals surface area contributed by atoms with Crippen LogP contribution in [0.4, 0.5) is 5.69 Å². The molecule has 2 aliphatic rings. The minimum absolute atomic E-state index is 0.0687. The summed E-state index contributed by atoms with van der Waals surface area (Å²) in [4.78, 5) is 33.6. The molecule has 1 unspecified atom stereocenters. The summed E-state index contributed by atoms with van der Waals surface area (Å²) in [5.74, 6) is 0.220. The summed E-state index contributed by atoms with van der Waals surface area (Å²) < 4.78 is 0. The van der Waals surface area contributed by atoms with Gasteiger partial charge in [0.1, 0.15) is 0 Å². The van der Waals surface area contributed by atoms with Gasteiger partial charge in [-0.1, -0.05) is 30.3 Å². The summed E-state index contributed by atoms with van der Waals surface area (Å²) in [5, 5.41) is 0. The van der Waals surface area contributed by atoms with Crippen molar-refractivity contribution in [3.05, 3.63) is 65.2 Å². The van der Waals surface area contributed by atoms with Gasteiger partial charge in [-0.05, 0) is 35.7 Å². The average molecular weight is 421 g/mol. The summed E-state index contributed by atoms with van der Waals surface area (Å²) in [7, 11) is 7.58. The van der Waals surface area contributed by atoms with Crippen LogP contribution in [-0.4, -0.2) is 80.4 Å². The Balaban J connectivity index is 1.48. The lowest BCUT2D eigenvalue weighted by Crippen LogP contribution is -2.62. The molecule has 2 heterocycles. The van der Waals surface area contributed by atoms with Crippen molar-refractivity contribution in [3.63, 3.8) is 0 Å². The lowest BCUT2D eigenvalue weighted by Gasteiger charge is -2.50. The Labute approximate surface area is 185 Å². The van der Waals surface area contributed by atoms with Crippen LogP contribution in [0.3, 0.4) is 0 Å². The molecule has 0 spiro atoms. The van der Waals surface area contributed by atoms with Crippen LogP contribution in [0.2, 0.25) is 0 Å². The number of rotatable bonds is 5. The highest BCUT2D eigenvalue weighted by atomic mass is 16.2. The molecule has 1 fully saturated rings. The van der Waals surface area contributed by atoms with E-state index in [4.69, 9.17) is 0 Å². The lowest BCUT2D eigenvalue weighted by atomic mass is 9.88. The highest BCUT2D eigenvalue weighted by Crippen LogP contribution is 2.36. The summed E-state index contributed by atoms with van der Waals surface area (Å²) in [5.41, 5.74) is 4.35. The lowest BCUT2D eigenvalue weighted by molar-refractivity contribution is -0.130. The molecule has 0 bridgehead atoms. The predicted octanol–water partition coefficient (Wildman–Crippen LogP) is 2.65. The van der Waals surface area contributed by atoms with Crippen LogP contribution in [0, 0.1) is 0 Å². The van der Waals surface area contributed by atoms with E-state index in [9.17, 15) is 9.59 Å². The third-order valence-corrected chi connectivity index (χ3v) is 6.55. The fraction of sp³-hybridized carbons (Fsp3) is 0.440. The van der Waals surface area contributed by atoms with Gasteiger partial charge in [0.15, 0.2) is 0 Å². The molecule has 2 aromatic rings. The Morgan fingerprint density at radius 1 is 1.00 bits per heavy atom. The van der Waals surface area contributed by atoms with Crippen molar-refractivity contribution in [2.45, 2.75) is 24.9 Å². The number of hydrogen-bond donors (Lipinski definition) is 0. The SMILES string of the molecule is CN(C)C(=O)CC1c2ccccc2CCN1C1CN(C(=O)c2cccc(N(C)C)c2)C1. The molecule has 4 rings (SSSR count). The summed E-state index contributed by atoms with van der Waals surface area (Å²) in [6.07, 6.45) is 1.46. The zero-order valence-corrected chi connectivity index (χ0v) is 18.9. The maximum atomic E-state index is 13.0. The van der Waals surface area contributed by atoms with Gasteiger partial charge in [-0.15, -0.1) is 0 Å². The van der Waals surface area contributed by atoms with E-state index < -0.39 is 0 Å². The maximum absolute atomic E-state index is 13.0. The highest BCUT2D eigenvalue weighted by Gasteiger charge is 2.41. The van der Waals surface area contributed by atoms with E-state index in [1.807, 2.05) is 62.3 Å². The number of anilines is 1. The molecule has 31 heavy (non-hydrogen) atoms. The smallest absolute Gasteiger partial charge is 0.254 e. The van der Waals surface area contributed by atoms with Gasteiger partial charge in [0.25, 0.3) is 5.91 Å². The van der Waals surface area contributed by atoms with Crippen LogP contribution in [0.1, 0.15) is 33.9 Å². The fourth-order valence-electron chi connectivity index (χ4n) is 4.61. The quantitative estimate of drug-likeness (QED) is 0.746. The number of benzene rings is 2. The average Bonchev–Trinajstić information content (AvgIpc) is 2.73. The Morgan fingerprint density at radius 3 is 2.45 bits per heavy atom. The van der Waals surface area contributed by atoms with E-state index in [0.717, 1.165) is 24.2 Å². The zero-order valence-electron chi connectivity index (χ0n) is 18.9. The Hall–Kier alpha value is -2.86. The minimum Gasteiger partial charge on any atom is -0.378 e. The molecule has 1 atom stereocenters. The summed E-state index contributed by atoms with van der Waals surface area (Å²) in [6, 6.07) is 16.6. The number of nitrogens with zero attached hydrogens (tertiary/aromatic N) is 4. The molecule has 6 heteroatoms. The van der Waals surface area contributed by atoms with Crippen LogP contribution in [0.25, 0.3) is 0 Å². The molecule has 164 valence electrons. The normalized spacial score (nSPS) is 18.8. The van der Waals surface area contributed by atoms with Crippen LogP contribution in [-0.2, 0) is 11.2 Å². The molecular formula is C25H32N4O2. The first-order valence-corrected chi connectivity index (χ1v) is 11.0. The van der Waals surface area contributed by atoms with E-state index in [-0.39, 0.29) is 23.9 Å². The third kappa shape index (κ3) is 4.30. The summed E-state index contributed by atoms with van der Waals surface area (Å²) in [6.45, 7) is 2.34. The maximum Gasteiger partial charge on any atom is 0.254 e. The van der Waals surface area contributed by atoms with Gasteiger partial charge in [-0.25, -0.2) is 0 Å². The number of hydrogen-bond acceptors (Lipinski definition) is 4. The second-order valence-electron chi connectivity index (χ2n) is 9.00. The number of amides is 2. The molecule has 1 saturated heterocycles. The number of likely N-dealkylation sites (tertiary alicyclic amines) is 1. The van der Waals surface area contributed by atoms with Crippen LogP contribution < -0.4 is 4.90 Å². The van der Waals surface area contributed by atoms with E-state index in [1.54, 1.807) is 4.90 Å². The number of fused-ring (bicyclic) bond motifs is 1. The Morgan fingerprint density at radius 2 is 1.74 bits per heavy atom. The standard InChI is InChI=1S/C25H32N4O2/c1-26(2)20-10-7-9-19(14-20)25(31)28-16-21(17-28)29-13-12-18-8-5-6-11-22(18)23(29)15-24(30)27(3)4/h5-11,14,21,23H,12-13,15-17H2,1-4H3. The van der Waals surface area contributed by atoms with E-state index in [0.29, 0.717) is 19.5 Å². The van der Waals surface area contributed by atoms with Crippen LogP contribution in [0.15, 0.2) is 48.5 Å². The van der Waals surface area contributed by atoms with Crippen molar-refractivity contribution in [2.24, 2.45) is 0 Å². The second-order valence-corrected chi connectivity index (χ2v) is 9.00. The molecule has 2 aromatic carbocycles. The number of carbonyl (C=O) groups excluding carboxylic acids is 2.